The third-order valence-corrected chi connectivity index (χ3v) is 2.07. The van der Waals surface area contributed by atoms with E-state index in [4.69, 9.17) is 0 Å². The van der Waals surface area contributed by atoms with E-state index in [2.05, 4.69) is 0 Å². The molecule has 6 N–H and O–H groups in total. The van der Waals surface area contributed by atoms with Crippen LogP contribution in [-0.4, -0.2) is 11.9 Å². The Hall–Kier alpha value is -2.62. The van der Waals surface area contributed by atoms with E-state index in [0.717, 1.165) is 12.4 Å². The normalized spacial score (nSPS) is 8.00. The van der Waals surface area contributed by atoms with Crippen molar-refractivity contribution in [1.82, 2.24) is 0 Å². The first kappa shape index (κ1) is 25.3. The number of rotatable bonds is 2. The largest absolute Gasteiger partial charge is 2.00 e. The van der Waals surface area contributed by atoms with Crippen LogP contribution in [0.4, 0.5) is 0 Å². The van der Waals surface area contributed by atoms with Crippen LogP contribution in [0.2, 0.25) is 0 Å². The van der Waals surface area contributed by atoms with E-state index in [1.165, 1.54) is 36.4 Å². The fraction of sp³-hybridized carbons (Fsp3) is 0. The molecule has 0 aliphatic heterocycles. The summed E-state index contributed by atoms with van der Waals surface area (Å²) in [5.41, 5.74) is -0.745. The monoisotopic (exact) mass is 378 g/mol. The van der Waals surface area contributed by atoms with Crippen LogP contribution in [0.3, 0.4) is 0 Å². The number of nitrogens with zero attached hydrogens (tertiary/aromatic N) is 2. The summed E-state index contributed by atoms with van der Waals surface area (Å²) in [6.45, 7) is 0. The van der Waals surface area contributed by atoms with Crippen molar-refractivity contribution in [2.75, 3.05) is 0 Å². The van der Waals surface area contributed by atoms with Crippen molar-refractivity contribution in [3.63, 3.8) is 0 Å². The number of carboxylic acid groups (broad SMARTS) is 2. The molecule has 0 saturated carbocycles. The average molecular weight is 380 g/mol. The molecule has 0 saturated heterocycles. The molecule has 0 aliphatic carbocycles. The maximum Gasteiger partial charge on any atom is 2.00 e. The first-order valence-electron chi connectivity index (χ1n) is 5.22. The second kappa shape index (κ2) is 12.0. The summed E-state index contributed by atoms with van der Waals surface area (Å²) >= 11 is 0. The molecular formula is C12H14N2O8Zn+2. The first-order valence-corrected chi connectivity index (χ1v) is 5.22. The van der Waals surface area contributed by atoms with Crippen LogP contribution in [-0.2, 0) is 30.4 Å². The van der Waals surface area contributed by atoms with Gasteiger partial charge in [-0.15, -0.1) is 0 Å². The van der Waals surface area contributed by atoms with Gasteiger partial charge < -0.3 is 41.2 Å². The molecule has 10 nitrogen and oxygen atoms in total. The number of hydrogen-bond acceptors (Lipinski definition) is 6. The molecule has 0 unspecified atom stereocenters. The number of hydrogen-bond donors (Lipinski definition) is 0. The number of carbonyl (C=O) groups excluding carboxylic acids is 2. The summed E-state index contributed by atoms with van der Waals surface area (Å²) < 4.78 is 0.491. The van der Waals surface area contributed by atoms with Crippen LogP contribution in [0.5, 0.6) is 0 Å². The summed E-state index contributed by atoms with van der Waals surface area (Å²) in [5, 5.41) is 41.3. The van der Waals surface area contributed by atoms with Crippen molar-refractivity contribution in [2.45, 2.75) is 0 Å². The zero-order valence-electron chi connectivity index (χ0n) is 11.8. The van der Waals surface area contributed by atoms with Crippen molar-refractivity contribution < 1.29 is 59.7 Å². The Bertz CT molecular complexity index is 582. The molecule has 0 aliphatic rings. The maximum atomic E-state index is 10.6. The summed E-state index contributed by atoms with van der Waals surface area (Å²) in [4.78, 5) is 20.2. The van der Waals surface area contributed by atoms with Gasteiger partial charge in [0.05, 0.1) is 0 Å². The summed E-state index contributed by atoms with van der Waals surface area (Å²) in [6, 6.07) is 8.17. The number of aromatic carboxylic acids is 2. The van der Waals surface area contributed by atoms with Crippen molar-refractivity contribution in [2.24, 2.45) is 0 Å². The van der Waals surface area contributed by atoms with Crippen LogP contribution < -0.4 is 19.7 Å². The Morgan fingerprint density at radius 2 is 1.04 bits per heavy atom. The minimum Gasteiger partial charge on any atom is -0.618 e. The Kier molecular flexibility index (Phi) is 13.2. The standard InChI is InChI=1S/2C6H5NO3.2H2O.Zn/c2*8-6(9)5-3-1-2-4-7(5)10;;;/h2*1-4H,(H,8,9);2*1H2;/q;;;;+2. The maximum absolute atomic E-state index is 10.6. The molecule has 120 valence electrons. The number of pyridine rings is 2. The molecule has 0 amide bonds. The third-order valence-electron chi connectivity index (χ3n) is 2.07. The van der Waals surface area contributed by atoms with Gasteiger partial charge in [0.15, 0.2) is 12.4 Å². The molecule has 2 heterocycles. The Balaban J connectivity index is -0.000000308. The van der Waals surface area contributed by atoms with Gasteiger partial charge in [0, 0.05) is 24.3 Å². The van der Waals surface area contributed by atoms with E-state index in [-0.39, 0.29) is 51.3 Å². The van der Waals surface area contributed by atoms with Crippen LogP contribution in [0.1, 0.15) is 21.0 Å². The number of aromatic nitrogens is 2. The topological polar surface area (TPSA) is 200 Å². The van der Waals surface area contributed by atoms with Crippen molar-refractivity contribution in [1.29, 1.82) is 0 Å². The fourth-order valence-corrected chi connectivity index (χ4v) is 1.17. The minimum absolute atomic E-state index is 0. The van der Waals surface area contributed by atoms with Gasteiger partial charge in [-0.3, -0.25) is 0 Å². The Morgan fingerprint density at radius 1 is 0.739 bits per heavy atom. The second-order valence-electron chi connectivity index (χ2n) is 3.40. The van der Waals surface area contributed by atoms with Crippen molar-refractivity contribution >= 4 is 11.9 Å². The molecule has 2 rings (SSSR count). The molecule has 2 aromatic heterocycles. The van der Waals surface area contributed by atoms with Gasteiger partial charge in [-0.05, 0) is 12.1 Å². The van der Waals surface area contributed by atoms with Crippen molar-refractivity contribution in [3.8, 4) is 0 Å². The molecule has 0 radical (unpaired) electrons. The van der Waals surface area contributed by atoms with Gasteiger partial charge >= 0.3 is 19.5 Å². The molecule has 0 atom stereocenters. The van der Waals surface area contributed by atoms with Crippen LogP contribution in [0.25, 0.3) is 0 Å². The predicted molar refractivity (Wildman–Crippen MR) is 69.2 cm³/mol. The summed E-state index contributed by atoms with van der Waals surface area (Å²) in [6.07, 6.45) is 2.20. The summed E-state index contributed by atoms with van der Waals surface area (Å²) in [7, 11) is 0. The minimum atomic E-state index is -1.46. The average Bonchev–Trinajstić information content (AvgIpc) is 2.40. The molecule has 0 fully saturated rings. The predicted octanol–water partition coefficient (Wildman–Crippen LogP) is -4.48. The van der Waals surface area contributed by atoms with Gasteiger partial charge in [0.2, 0.25) is 11.4 Å². The van der Waals surface area contributed by atoms with Crippen LogP contribution in [0.15, 0.2) is 48.8 Å². The number of carboxylic acids is 2. The van der Waals surface area contributed by atoms with E-state index in [9.17, 15) is 30.2 Å². The van der Waals surface area contributed by atoms with E-state index in [0.29, 0.717) is 0 Å². The van der Waals surface area contributed by atoms with Gasteiger partial charge in [-0.25, -0.2) is 0 Å². The zero-order valence-corrected chi connectivity index (χ0v) is 14.8. The molecule has 0 spiro atoms. The molecule has 0 bridgehead atoms. The van der Waals surface area contributed by atoms with Crippen LogP contribution in [0, 0.1) is 10.4 Å². The Morgan fingerprint density at radius 3 is 1.22 bits per heavy atom. The first-order chi connectivity index (χ1) is 9.43. The SMILES string of the molecule is O=C([O-])c1cccc[n+]1[O-].O=C([O-])c1cccc[n+]1[O-].[OH3+].[OH3+].[Zn+2]. The van der Waals surface area contributed by atoms with Gasteiger partial charge in [-0.2, -0.15) is 9.46 Å². The quantitative estimate of drug-likeness (QED) is 0.218. The van der Waals surface area contributed by atoms with Gasteiger partial charge in [-0.1, -0.05) is 0 Å². The van der Waals surface area contributed by atoms with Gasteiger partial charge in [0.1, 0.15) is 11.9 Å². The van der Waals surface area contributed by atoms with E-state index >= 15 is 0 Å². The molecular weight excluding hydrogens is 366 g/mol. The Labute approximate surface area is 142 Å². The molecule has 11 heteroatoms. The van der Waals surface area contributed by atoms with Crippen molar-refractivity contribution in [3.05, 3.63) is 70.6 Å². The number of carbonyl (C=O) groups is 2. The molecule has 0 aromatic carbocycles. The third kappa shape index (κ3) is 7.81. The van der Waals surface area contributed by atoms with Gasteiger partial charge in [0.25, 0.3) is 0 Å². The molecule has 23 heavy (non-hydrogen) atoms. The van der Waals surface area contributed by atoms with Crippen LogP contribution >= 0.6 is 0 Å². The smallest absolute Gasteiger partial charge is 0.618 e. The van der Waals surface area contributed by atoms with E-state index in [1.807, 2.05) is 0 Å². The summed E-state index contributed by atoms with van der Waals surface area (Å²) in [5.74, 6) is -2.92. The molecule has 2 aromatic rings. The van der Waals surface area contributed by atoms with E-state index in [1.54, 1.807) is 0 Å². The zero-order chi connectivity index (χ0) is 15.1. The fourth-order valence-electron chi connectivity index (χ4n) is 1.17. The second-order valence-corrected chi connectivity index (χ2v) is 3.40. The van der Waals surface area contributed by atoms with E-state index < -0.39 is 11.9 Å².